The number of anilines is 1. The normalized spacial score (nSPS) is 17.7. The van der Waals surface area contributed by atoms with E-state index in [0.717, 1.165) is 6.54 Å². The lowest BCUT2D eigenvalue weighted by atomic mass is 9.95. The Labute approximate surface area is 284 Å². The average Bonchev–Trinajstić information content (AvgIpc) is 3.49. The van der Waals surface area contributed by atoms with Gasteiger partial charge >= 0.3 is 0 Å². The number of nitrogens with two attached hydrogens (primary N) is 1. The zero-order chi connectivity index (χ0) is 34.7. The number of benzene rings is 2. The van der Waals surface area contributed by atoms with Crippen LogP contribution in [0.2, 0.25) is 0 Å². The summed E-state index contributed by atoms with van der Waals surface area (Å²) >= 11 is 0. The number of halogens is 1. The molecule has 254 valence electrons. The van der Waals surface area contributed by atoms with E-state index in [-0.39, 0.29) is 41.4 Å². The molecule has 2 amide bonds. The molecule has 2 saturated heterocycles. The van der Waals surface area contributed by atoms with Crippen LogP contribution in [-0.2, 0) is 9.59 Å². The predicted octanol–water partition coefficient (Wildman–Crippen LogP) is 4.95. The number of nitrogens with zero attached hydrogens (tertiary/aromatic N) is 8. The van der Waals surface area contributed by atoms with Gasteiger partial charge in [0.2, 0.25) is 5.91 Å². The summed E-state index contributed by atoms with van der Waals surface area (Å²) in [5.41, 5.74) is 6.88. The number of hydrogen-bond acceptors (Lipinski definition) is 9. The highest BCUT2D eigenvalue weighted by Gasteiger charge is 2.34. The van der Waals surface area contributed by atoms with Crippen LogP contribution in [-0.4, -0.2) is 91.1 Å². The third-order valence-electron chi connectivity index (χ3n) is 9.44. The van der Waals surface area contributed by atoms with Crippen LogP contribution in [0.5, 0.6) is 11.5 Å². The van der Waals surface area contributed by atoms with Crippen LogP contribution in [0.4, 0.5) is 10.2 Å². The average molecular weight is 666 g/mol. The predicted molar refractivity (Wildman–Crippen MR) is 183 cm³/mol. The number of amides is 2. The molecule has 0 spiro atoms. The Balaban J connectivity index is 1.22. The fraction of sp³-hybridized carbons (Fsp3) is 0.389. The molecule has 4 aromatic rings. The van der Waals surface area contributed by atoms with Gasteiger partial charge in [0, 0.05) is 49.9 Å². The SMILES string of the molecule is CCN1CCN(C(C)(C)C/C=C(\C#N)C(=O)N2CCC[C@@H](n3nc(-c4ccc(Oc5ccccc5)cc4F)c4c(N)ncnc43)C2)CC1=O. The number of piperidine rings is 1. The van der Waals surface area contributed by atoms with E-state index < -0.39 is 11.4 Å². The first-order valence-corrected chi connectivity index (χ1v) is 16.5. The maximum absolute atomic E-state index is 15.7. The highest BCUT2D eigenvalue weighted by Crippen LogP contribution is 2.36. The lowest BCUT2D eigenvalue weighted by Crippen LogP contribution is -2.56. The van der Waals surface area contributed by atoms with E-state index in [2.05, 4.69) is 20.9 Å². The molecule has 1 atom stereocenters. The Bertz CT molecular complexity index is 1940. The number of nitrogen functional groups attached to an aromatic ring is 1. The second-order valence-corrected chi connectivity index (χ2v) is 13.0. The number of fused-ring (bicyclic) bond motifs is 1. The number of carbonyl (C=O) groups excluding carboxylic acids is 2. The maximum Gasteiger partial charge on any atom is 0.264 e. The largest absolute Gasteiger partial charge is 0.457 e. The van der Waals surface area contributed by atoms with Gasteiger partial charge in [-0.25, -0.2) is 19.0 Å². The van der Waals surface area contributed by atoms with Crippen LogP contribution in [0.15, 0.2) is 66.5 Å². The molecule has 0 unspecified atom stereocenters. The quantitative estimate of drug-likeness (QED) is 0.194. The summed E-state index contributed by atoms with van der Waals surface area (Å²) in [6, 6.07) is 15.5. The van der Waals surface area contributed by atoms with Gasteiger partial charge in [-0.15, -0.1) is 0 Å². The Kier molecular flexibility index (Phi) is 9.60. The minimum absolute atomic E-state index is 0.0599. The zero-order valence-electron chi connectivity index (χ0n) is 28.0. The van der Waals surface area contributed by atoms with Crippen LogP contribution in [0.3, 0.4) is 0 Å². The van der Waals surface area contributed by atoms with Crippen LogP contribution >= 0.6 is 0 Å². The van der Waals surface area contributed by atoms with Gasteiger partial charge in [-0.05, 0) is 64.3 Å². The Morgan fingerprint density at radius 3 is 2.65 bits per heavy atom. The molecule has 13 heteroatoms. The molecule has 2 aromatic carbocycles. The fourth-order valence-electron chi connectivity index (χ4n) is 6.54. The van der Waals surface area contributed by atoms with Crippen molar-refractivity contribution in [3.63, 3.8) is 0 Å². The summed E-state index contributed by atoms with van der Waals surface area (Å²) in [5, 5.41) is 15.3. The van der Waals surface area contributed by atoms with Gasteiger partial charge in [0.1, 0.15) is 46.8 Å². The number of ether oxygens (including phenoxy) is 1. The molecule has 0 saturated carbocycles. The van der Waals surface area contributed by atoms with Crippen LogP contribution < -0.4 is 10.5 Å². The molecule has 0 radical (unpaired) electrons. The number of likely N-dealkylation sites (tertiary alicyclic amines) is 1. The van der Waals surface area contributed by atoms with Gasteiger partial charge in [0.25, 0.3) is 5.91 Å². The molecule has 49 heavy (non-hydrogen) atoms. The number of nitriles is 1. The molecule has 0 bridgehead atoms. The molecule has 2 aliphatic rings. The number of rotatable bonds is 9. The molecule has 6 rings (SSSR count). The second kappa shape index (κ2) is 14.0. The molecule has 4 heterocycles. The Hall–Kier alpha value is -5.35. The van der Waals surface area contributed by atoms with Gasteiger partial charge in [0.15, 0.2) is 5.65 Å². The van der Waals surface area contributed by atoms with Crippen molar-refractivity contribution in [3.8, 4) is 28.8 Å². The molecule has 12 nitrogen and oxygen atoms in total. The first-order chi connectivity index (χ1) is 23.6. The number of carbonyl (C=O) groups is 2. The number of para-hydroxylation sites is 1. The minimum Gasteiger partial charge on any atom is -0.457 e. The molecular formula is C36H40FN9O3. The number of aromatic nitrogens is 4. The van der Waals surface area contributed by atoms with E-state index in [1.807, 2.05) is 43.9 Å². The van der Waals surface area contributed by atoms with Gasteiger partial charge in [0.05, 0.1) is 18.0 Å². The molecular weight excluding hydrogens is 625 g/mol. The van der Waals surface area contributed by atoms with Crippen LogP contribution in [0, 0.1) is 17.1 Å². The summed E-state index contributed by atoms with van der Waals surface area (Å²) in [7, 11) is 0. The zero-order valence-corrected chi connectivity index (χ0v) is 28.0. The first-order valence-electron chi connectivity index (χ1n) is 16.5. The Morgan fingerprint density at radius 2 is 1.94 bits per heavy atom. The summed E-state index contributed by atoms with van der Waals surface area (Å²) in [6.07, 6.45) is 4.81. The van der Waals surface area contributed by atoms with E-state index in [1.54, 1.807) is 39.9 Å². The molecule has 2 aromatic heterocycles. The topological polar surface area (TPSA) is 146 Å². The third kappa shape index (κ3) is 6.96. The van der Waals surface area contributed by atoms with Gasteiger partial charge in [-0.2, -0.15) is 10.4 Å². The number of likely N-dealkylation sites (N-methyl/N-ethyl adjacent to an activating group) is 1. The highest BCUT2D eigenvalue weighted by molar-refractivity contribution is 5.99. The second-order valence-electron chi connectivity index (χ2n) is 13.0. The van der Waals surface area contributed by atoms with Gasteiger partial charge < -0.3 is 20.3 Å². The third-order valence-corrected chi connectivity index (χ3v) is 9.44. The minimum atomic E-state index is -0.549. The smallest absolute Gasteiger partial charge is 0.264 e. The van der Waals surface area contributed by atoms with Crippen molar-refractivity contribution in [2.75, 3.05) is 45.0 Å². The van der Waals surface area contributed by atoms with Crippen LogP contribution in [0.1, 0.15) is 46.1 Å². The molecule has 2 aliphatic heterocycles. The lowest BCUT2D eigenvalue weighted by Gasteiger charge is -2.43. The van der Waals surface area contributed by atoms with Crippen molar-refractivity contribution in [3.05, 3.63) is 72.3 Å². The van der Waals surface area contributed by atoms with Crippen molar-refractivity contribution >= 4 is 28.7 Å². The highest BCUT2D eigenvalue weighted by atomic mass is 19.1. The van der Waals surface area contributed by atoms with Crippen LogP contribution in [0.25, 0.3) is 22.3 Å². The van der Waals surface area contributed by atoms with Crippen molar-refractivity contribution in [1.29, 1.82) is 5.26 Å². The van der Waals surface area contributed by atoms with Gasteiger partial charge in [-0.3, -0.25) is 14.5 Å². The fourth-order valence-corrected chi connectivity index (χ4v) is 6.54. The van der Waals surface area contributed by atoms with E-state index in [9.17, 15) is 14.9 Å². The number of hydrogen-bond donors (Lipinski definition) is 1. The van der Waals surface area contributed by atoms with Crippen molar-refractivity contribution in [2.24, 2.45) is 0 Å². The molecule has 2 N–H and O–H groups in total. The summed E-state index contributed by atoms with van der Waals surface area (Å²) < 4.78 is 23.2. The maximum atomic E-state index is 15.7. The summed E-state index contributed by atoms with van der Waals surface area (Å²) in [5.74, 6) is 0.249. The van der Waals surface area contributed by atoms with E-state index in [4.69, 9.17) is 15.6 Å². The van der Waals surface area contributed by atoms with Crippen molar-refractivity contribution in [1.82, 2.24) is 34.4 Å². The lowest BCUT2D eigenvalue weighted by molar-refractivity contribution is -0.138. The van der Waals surface area contributed by atoms with Crippen molar-refractivity contribution < 1.29 is 18.7 Å². The number of piperazine rings is 1. The van der Waals surface area contributed by atoms with Gasteiger partial charge in [-0.1, -0.05) is 24.3 Å². The molecule has 0 aliphatic carbocycles. The first kappa shape index (κ1) is 33.5. The summed E-state index contributed by atoms with van der Waals surface area (Å²) in [6.45, 7) is 9.15. The molecule has 2 fully saturated rings. The standard InChI is InChI=1S/C36H40FN9O3/c1-4-43-17-18-45(22-30(43)47)36(2,3)15-14-24(20-38)35(48)44-16-8-9-25(21-44)46-34-31(33(39)40-23-41-34)32(42-46)28-13-12-27(19-29(28)37)49-26-10-6-5-7-11-26/h5-7,10-14,19,23,25H,4,8-9,15-18,21-22H2,1-3H3,(H2,39,40,41)/b24-14+/t25-/m1/s1. The van der Waals surface area contributed by atoms with E-state index >= 15 is 4.39 Å². The summed E-state index contributed by atoms with van der Waals surface area (Å²) in [4.78, 5) is 40.5. The van der Waals surface area contributed by atoms with E-state index in [0.29, 0.717) is 73.7 Å². The monoisotopic (exact) mass is 665 g/mol. The Morgan fingerprint density at radius 1 is 1.14 bits per heavy atom. The van der Waals surface area contributed by atoms with E-state index in [1.165, 1.54) is 12.4 Å². The van der Waals surface area contributed by atoms with Crippen molar-refractivity contribution in [2.45, 2.75) is 51.6 Å².